The van der Waals surface area contributed by atoms with Crippen molar-refractivity contribution in [3.05, 3.63) is 46.5 Å². The molecule has 0 atom stereocenters. The van der Waals surface area contributed by atoms with Crippen molar-refractivity contribution >= 4 is 0 Å². The lowest BCUT2D eigenvalue weighted by molar-refractivity contribution is 0.349. The SMILES string of the molecule is CCCc1c(OC)c(OC)c(C)c2c1-c1ccccc1C2. The fourth-order valence-corrected chi connectivity index (χ4v) is 3.53. The molecule has 0 aromatic heterocycles. The molecule has 110 valence electrons. The molecule has 0 saturated carbocycles. The van der Waals surface area contributed by atoms with E-state index in [1.165, 1.54) is 33.4 Å². The molecule has 1 aliphatic rings. The summed E-state index contributed by atoms with van der Waals surface area (Å²) in [4.78, 5) is 0. The minimum atomic E-state index is 0.896. The summed E-state index contributed by atoms with van der Waals surface area (Å²) in [5, 5.41) is 0. The maximum absolute atomic E-state index is 5.72. The highest BCUT2D eigenvalue weighted by molar-refractivity contribution is 5.84. The Bertz CT molecular complexity index is 686. The van der Waals surface area contributed by atoms with Gasteiger partial charge in [0, 0.05) is 5.56 Å². The molecule has 0 N–H and O–H groups in total. The number of benzene rings is 2. The van der Waals surface area contributed by atoms with Gasteiger partial charge in [-0.3, -0.25) is 0 Å². The Morgan fingerprint density at radius 2 is 1.76 bits per heavy atom. The first kappa shape index (κ1) is 14.0. The molecule has 0 amide bonds. The third-order valence-corrected chi connectivity index (χ3v) is 4.44. The van der Waals surface area contributed by atoms with Crippen LogP contribution in [-0.2, 0) is 12.8 Å². The third-order valence-electron chi connectivity index (χ3n) is 4.44. The minimum absolute atomic E-state index is 0.896. The number of rotatable bonds is 4. The molecule has 2 heteroatoms. The molecule has 0 spiro atoms. The molecule has 2 aromatic carbocycles. The Balaban J connectivity index is 2.36. The zero-order chi connectivity index (χ0) is 15.0. The Morgan fingerprint density at radius 3 is 2.43 bits per heavy atom. The van der Waals surface area contributed by atoms with E-state index in [2.05, 4.69) is 38.1 Å². The first-order chi connectivity index (χ1) is 10.2. The first-order valence-corrected chi connectivity index (χ1v) is 7.57. The third kappa shape index (κ3) is 2.01. The van der Waals surface area contributed by atoms with Crippen LogP contribution in [0.1, 0.15) is 35.6 Å². The van der Waals surface area contributed by atoms with Crippen LogP contribution in [-0.4, -0.2) is 14.2 Å². The van der Waals surface area contributed by atoms with Crippen LogP contribution in [0.4, 0.5) is 0 Å². The second-order valence-corrected chi connectivity index (χ2v) is 5.61. The summed E-state index contributed by atoms with van der Waals surface area (Å²) in [6, 6.07) is 8.69. The topological polar surface area (TPSA) is 18.5 Å². The molecule has 0 bridgehead atoms. The monoisotopic (exact) mass is 282 g/mol. The fourth-order valence-electron chi connectivity index (χ4n) is 3.53. The van der Waals surface area contributed by atoms with Crippen LogP contribution in [0.3, 0.4) is 0 Å². The number of hydrogen-bond acceptors (Lipinski definition) is 2. The maximum atomic E-state index is 5.72. The highest BCUT2D eigenvalue weighted by atomic mass is 16.5. The Morgan fingerprint density at radius 1 is 1.05 bits per heavy atom. The first-order valence-electron chi connectivity index (χ1n) is 7.57. The van der Waals surface area contributed by atoms with Gasteiger partial charge in [-0.25, -0.2) is 0 Å². The van der Waals surface area contributed by atoms with E-state index < -0.39 is 0 Å². The summed E-state index contributed by atoms with van der Waals surface area (Å²) in [5.74, 6) is 1.81. The molecule has 0 heterocycles. The molecule has 2 nitrogen and oxygen atoms in total. The molecule has 1 aliphatic carbocycles. The minimum Gasteiger partial charge on any atom is -0.493 e. The van der Waals surface area contributed by atoms with Crippen molar-refractivity contribution in [3.63, 3.8) is 0 Å². The van der Waals surface area contributed by atoms with Gasteiger partial charge in [0.2, 0.25) is 0 Å². The summed E-state index contributed by atoms with van der Waals surface area (Å²) < 4.78 is 11.4. The summed E-state index contributed by atoms with van der Waals surface area (Å²) in [6.45, 7) is 4.35. The number of methoxy groups -OCH3 is 2. The normalized spacial score (nSPS) is 12.0. The zero-order valence-corrected chi connectivity index (χ0v) is 13.2. The maximum Gasteiger partial charge on any atom is 0.164 e. The lowest BCUT2D eigenvalue weighted by Crippen LogP contribution is -2.03. The van der Waals surface area contributed by atoms with Crippen molar-refractivity contribution in [1.29, 1.82) is 0 Å². The van der Waals surface area contributed by atoms with E-state index in [4.69, 9.17) is 9.47 Å². The van der Waals surface area contributed by atoms with Gasteiger partial charge in [-0.2, -0.15) is 0 Å². The van der Waals surface area contributed by atoms with Gasteiger partial charge in [0.15, 0.2) is 11.5 Å². The van der Waals surface area contributed by atoms with E-state index in [-0.39, 0.29) is 0 Å². The van der Waals surface area contributed by atoms with Gasteiger partial charge in [0.1, 0.15) is 0 Å². The quantitative estimate of drug-likeness (QED) is 0.699. The Kier molecular flexibility index (Phi) is 3.62. The van der Waals surface area contributed by atoms with Crippen molar-refractivity contribution < 1.29 is 9.47 Å². The van der Waals surface area contributed by atoms with Crippen LogP contribution in [0.15, 0.2) is 24.3 Å². The average molecular weight is 282 g/mol. The lowest BCUT2D eigenvalue weighted by Gasteiger charge is -2.20. The fraction of sp³-hybridized carbons (Fsp3) is 0.368. The standard InChI is InChI=1S/C19H22O2/c1-5-8-15-17-14-10-7-6-9-13(14)11-16(17)12(2)18(20-3)19(15)21-4/h6-7,9-10H,5,8,11H2,1-4H3. The van der Waals surface area contributed by atoms with Crippen LogP contribution in [0.25, 0.3) is 11.1 Å². The largest absolute Gasteiger partial charge is 0.493 e. The van der Waals surface area contributed by atoms with Crippen molar-refractivity contribution in [3.8, 4) is 22.6 Å². The van der Waals surface area contributed by atoms with Crippen LogP contribution < -0.4 is 9.47 Å². The molecule has 2 aromatic rings. The van der Waals surface area contributed by atoms with Crippen LogP contribution in [0.2, 0.25) is 0 Å². The molecule has 0 saturated heterocycles. The van der Waals surface area contributed by atoms with Crippen molar-refractivity contribution in [2.24, 2.45) is 0 Å². The molecule has 0 fully saturated rings. The smallest absolute Gasteiger partial charge is 0.164 e. The molecule has 0 radical (unpaired) electrons. The van der Waals surface area contributed by atoms with Crippen LogP contribution >= 0.6 is 0 Å². The van der Waals surface area contributed by atoms with Gasteiger partial charge in [-0.15, -0.1) is 0 Å². The predicted molar refractivity (Wildman–Crippen MR) is 86.5 cm³/mol. The highest BCUT2D eigenvalue weighted by Gasteiger charge is 2.28. The summed E-state index contributed by atoms with van der Waals surface area (Å²) in [7, 11) is 3.47. The van der Waals surface area contributed by atoms with Gasteiger partial charge in [-0.1, -0.05) is 37.6 Å². The predicted octanol–water partition coefficient (Wildman–Crippen LogP) is 4.54. The van der Waals surface area contributed by atoms with E-state index >= 15 is 0 Å². The molecule has 0 unspecified atom stereocenters. The lowest BCUT2D eigenvalue weighted by atomic mass is 9.92. The van der Waals surface area contributed by atoms with Crippen LogP contribution in [0, 0.1) is 6.92 Å². The van der Waals surface area contributed by atoms with Crippen molar-refractivity contribution in [2.45, 2.75) is 33.1 Å². The van der Waals surface area contributed by atoms with Gasteiger partial charge in [-0.05, 0) is 47.6 Å². The van der Waals surface area contributed by atoms with Crippen molar-refractivity contribution in [2.75, 3.05) is 14.2 Å². The number of ether oxygens (including phenoxy) is 2. The van der Waals surface area contributed by atoms with E-state index in [9.17, 15) is 0 Å². The van der Waals surface area contributed by atoms with Gasteiger partial charge >= 0.3 is 0 Å². The molecule has 0 aliphatic heterocycles. The van der Waals surface area contributed by atoms with Crippen molar-refractivity contribution in [1.82, 2.24) is 0 Å². The van der Waals surface area contributed by atoms with E-state index in [0.29, 0.717) is 0 Å². The molecular weight excluding hydrogens is 260 g/mol. The second kappa shape index (κ2) is 5.44. The summed E-state index contributed by atoms with van der Waals surface area (Å²) in [6.07, 6.45) is 3.10. The molecule has 3 rings (SSSR count). The van der Waals surface area contributed by atoms with Gasteiger partial charge < -0.3 is 9.47 Å². The van der Waals surface area contributed by atoms with E-state index in [0.717, 1.165) is 30.8 Å². The summed E-state index contributed by atoms with van der Waals surface area (Å²) in [5.41, 5.74) is 8.05. The zero-order valence-electron chi connectivity index (χ0n) is 13.2. The van der Waals surface area contributed by atoms with Gasteiger partial charge in [0.25, 0.3) is 0 Å². The second-order valence-electron chi connectivity index (χ2n) is 5.61. The summed E-state index contributed by atoms with van der Waals surface area (Å²) >= 11 is 0. The number of fused-ring (bicyclic) bond motifs is 3. The molecule has 21 heavy (non-hydrogen) atoms. The highest BCUT2D eigenvalue weighted by Crippen LogP contribution is 2.49. The Hall–Kier alpha value is -1.96. The van der Waals surface area contributed by atoms with Crippen LogP contribution in [0.5, 0.6) is 11.5 Å². The number of hydrogen-bond donors (Lipinski definition) is 0. The Labute approximate surface area is 126 Å². The van der Waals surface area contributed by atoms with Gasteiger partial charge in [0.05, 0.1) is 14.2 Å². The molecular formula is C19H22O2. The average Bonchev–Trinajstić information content (AvgIpc) is 2.89. The van der Waals surface area contributed by atoms with E-state index in [1.807, 2.05) is 0 Å². The van der Waals surface area contributed by atoms with E-state index in [1.54, 1.807) is 14.2 Å².